The normalized spacial score (nSPS) is 12.2. The van der Waals surface area contributed by atoms with E-state index >= 15 is 0 Å². The van der Waals surface area contributed by atoms with E-state index in [2.05, 4.69) is 15.0 Å². The first-order chi connectivity index (χ1) is 16.5. The van der Waals surface area contributed by atoms with E-state index in [0.29, 0.717) is 35.2 Å². The third kappa shape index (κ3) is 9.18. The number of nitrogens with one attached hydrogen (secondary N) is 1. The Labute approximate surface area is 202 Å². The molecule has 35 heavy (non-hydrogen) atoms. The minimum Gasteiger partial charge on any atom is -0.406 e. The predicted octanol–water partition coefficient (Wildman–Crippen LogP) is 7.25. The molecule has 194 valence electrons. The second-order valence-corrected chi connectivity index (χ2v) is 7.38. The maximum Gasteiger partial charge on any atom is 0.573 e. The van der Waals surface area contributed by atoms with E-state index in [9.17, 15) is 26.7 Å². The lowest BCUT2D eigenvalue weighted by Crippen LogP contribution is -2.21. The van der Waals surface area contributed by atoms with Crippen molar-refractivity contribution >= 4 is 11.6 Å². The highest BCUT2D eigenvalue weighted by molar-refractivity contribution is 5.62. The number of aromatic nitrogens is 2. The van der Waals surface area contributed by atoms with Crippen molar-refractivity contribution in [3.8, 4) is 5.75 Å². The molecule has 0 aliphatic rings. The van der Waals surface area contributed by atoms with E-state index in [4.69, 9.17) is 0 Å². The highest BCUT2D eigenvalue weighted by Crippen LogP contribution is 2.32. The van der Waals surface area contributed by atoms with Crippen LogP contribution in [0.4, 0.5) is 33.6 Å². The number of alkyl halides is 4. The molecule has 0 unspecified atom stereocenters. The number of anilines is 2. The largest absolute Gasteiger partial charge is 0.573 e. The number of hydrogen-bond acceptors (Lipinski definition) is 4. The van der Waals surface area contributed by atoms with Gasteiger partial charge in [0.15, 0.2) is 0 Å². The molecule has 1 aromatic carbocycles. The quantitative estimate of drug-likeness (QED) is 0.290. The van der Waals surface area contributed by atoms with Crippen molar-refractivity contribution in [3.05, 3.63) is 68.9 Å². The molecule has 0 fully saturated rings. The fraction of sp³-hybridized carbons (Fsp3) is 0.440. The minimum atomic E-state index is -4.82. The minimum absolute atomic E-state index is 0.137. The van der Waals surface area contributed by atoms with Gasteiger partial charge in [-0.1, -0.05) is 27.7 Å². The molecule has 10 heteroatoms. The summed E-state index contributed by atoms with van der Waals surface area (Å²) in [5.74, 6) is -0.901. The van der Waals surface area contributed by atoms with Crippen LogP contribution in [-0.2, 0) is 13.0 Å². The lowest BCUT2D eigenvalue weighted by atomic mass is 10.1. The molecule has 0 aliphatic carbocycles. The van der Waals surface area contributed by atoms with E-state index in [0.717, 1.165) is 6.08 Å². The topological polar surface area (TPSA) is 56.2 Å². The van der Waals surface area contributed by atoms with Crippen LogP contribution in [-0.4, -0.2) is 22.6 Å². The molecule has 2 rings (SSSR count). The second-order valence-electron chi connectivity index (χ2n) is 7.38. The average molecular weight is 502 g/mol. The van der Waals surface area contributed by atoms with Crippen molar-refractivity contribution < 1.29 is 26.7 Å². The molecular weight excluding hydrogens is 469 g/mol. The average Bonchev–Trinajstić information content (AvgIpc) is 2.78. The maximum atomic E-state index is 13.8. The first-order valence-electron chi connectivity index (χ1n) is 11.3. The Bertz CT molecular complexity index is 1110. The third-order valence-corrected chi connectivity index (χ3v) is 4.88. The van der Waals surface area contributed by atoms with Gasteiger partial charge in [0.25, 0.3) is 5.56 Å². The summed E-state index contributed by atoms with van der Waals surface area (Å²) in [6.45, 7) is 9.89. The second kappa shape index (κ2) is 13.7. The summed E-state index contributed by atoms with van der Waals surface area (Å²) in [6.07, 6.45) is -0.296. The smallest absolute Gasteiger partial charge is 0.406 e. The summed E-state index contributed by atoms with van der Waals surface area (Å²) >= 11 is 0. The van der Waals surface area contributed by atoms with Gasteiger partial charge < -0.3 is 14.6 Å². The predicted molar refractivity (Wildman–Crippen MR) is 129 cm³/mol. The Hall–Kier alpha value is -3.17. The lowest BCUT2D eigenvalue weighted by molar-refractivity contribution is -0.274. The van der Waals surface area contributed by atoms with Crippen LogP contribution in [0.15, 0.2) is 46.7 Å². The summed E-state index contributed by atoms with van der Waals surface area (Å²) in [4.78, 5) is 16.4. The zero-order valence-electron chi connectivity index (χ0n) is 20.8. The van der Waals surface area contributed by atoms with E-state index in [1.54, 1.807) is 24.6 Å². The number of ether oxygens (including phenoxy) is 1. The number of nitrogens with zero attached hydrogens (tertiary/aromatic N) is 2. The standard InChI is InChI=1S/C23H26F5N3O2.C2H6/c1-5-16(11-18(25)7-8-24)12-31-13-17(6-2)21(32)30-22(31)29-19-9-15(4)20(10-14(19)3)33-23(26,27)28;1-2/h7,9-11,13H,5-6,8,12H2,1-4H3,(H,29,30,32);1-2H3/b16-11+,18-7+;. The van der Waals surface area contributed by atoms with Crippen LogP contribution in [0.1, 0.15) is 50.8 Å². The molecule has 1 N–H and O–H groups in total. The molecule has 0 bridgehead atoms. The van der Waals surface area contributed by atoms with Crippen LogP contribution in [0, 0.1) is 13.8 Å². The van der Waals surface area contributed by atoms with Crippen LogP contribution < -0.4 is 15.6 Å². The Morgan fingerprint density at radius 2 is 1.83 bits per heavy atom. The SMILES string of the molecule is CC.CC/C(=C\C(F)=C/CF)Cn1cc(CC)c(=O)nc1Nc1cc(C)c(OC(F)(F)F)cc1C. The van der Waals surface area contributed by atoms with Crippen LogP contribution in [0.25, 0.3) is 0 Å². The molecule has 1 heterocycles. The van der Waals surface area contributed by atoms with Gasteiger partial charge in [-0.25, -0.2) is 8.78 Å². The Morgan fingerprint density at radius 3 is 2.37 bits per heavy atom. The first kappa shape index (κ1) is 29.9. The van der Waals surface area contributed by atoms with E-state index in [-0.39, 0.29) is 23.8 Å². The molecule has 0 amide bonds. The molecule has 0 aliphatic heterocycles. The molecule has 0 saturated heterocycles. The van der Waals surface area contributed by atoms with Crippen LogP contribution in [0.5, 0.6) is 5.75 Å². The number of halogens is 5. The highest BCUT2D eigenvalue weighted by Gasteiger charge is 2.32. The number of aryl methyl sites for hydroxylation is 3. The van der Waals surface area contributed by atoms with Gasteiger partial charge in [0.05, 0.1) is 0 Å². The van der Waals surface area contributed by atoms with Crippen molar-refractivity contribution in [1.29, 1.82) is 0 Å². The van der Waals surface area contributed by atoms with Crippen molar-refractivity contribution in [2.75, 3.05) is 12.0 Å². The van der Waals surface area contributed by atoms with Crippen molar-refractivity contribution in [1.82, 2.24) is 9.55 Å². The molecule has 2 aromatic rings. The summed E-state index contributed by atoms with van der Waals surface area (Å²) in [5.41, 5.74) is 1.70. The Balaban J connectivity index is 0.00000298. The number of hydrogen-bond donors (Lipinski definition) is 1. The molecular formula is C25H32F5N3O2. The highest BCUT2D eigenvalue weighted by atomic mass is 19.4. The van der Waals surface area contributed by atoms with Crippen molar-refractivity contribution in [3.63, 3.8) is 0 Å². The fourth-order valence-corrected chi connectivity index (χ4v) is 3.08. The lowest BCUT2D eigenvalue weighted by Gasteiger charge is -2.19. The van der Waals surface area contributed by atoms with E-state index in [1.807, 2.05) is 20.8 Å². The third-order valence-electron chi connectivity index (χ3n) is 4.88. The van der Waals surface area contributed by atoms with Gasteiger partial charge in [-0.3, -0.25) is 4.79 Å². The Morgan fingerprint density at radius 1 is 1.17 bits per heavy atom. The summed E-state index contributed by atoms with van der Waals surface area (Å²) in [5, 5.41) is 2.99. The summed E-state index contributed by atoms with van der Waals surface area (Å²) < 4.78 is 69.7. The van der Waals surface area contributed by atoms with Gasteiger partial charge in [-0.2, -0.15) is 4.98 Å². The van der Waals surface area contributed by atoms with E-state index < -0.39 is 24.4 Å². The Kier molecular flexibility index (Phi) is 11.6. The number of allylic oxidation sites excluding steroid dienone is 4. The molecule has 0 atom stereocenters. The molecule has 0 spiro atoms. The van der Waals surface area contributed by atoms with Gasteiger partial charge in [-0.05, 0) is 67.7 Å². The number of rotatable bonds is 9. The number of benzene rings is 1. The van der Waals surface area contributed by atoms with Gasteiger partial charge in [-0.15, -0.1) is 13.2 Å². The fourth-order valence-electron chi connectivity index (χ4n) is 3.08. The van der Waals surface area contributed by atoms with Crippen LogP contribution >= 0.6 is 0 Å². The molecule has 1 aromatic heterocycles. The van der Waals surface area contributed by atoms with Gasteiger partial charge in [0.1, 0.15) is 18.3 Å². The zero-order chi connectivity index (χ0) is 26.8. The first-order valence-corrected chi connectivity index (χ1v) is 11.3. The van der Waals surface area contributed by atoms with E-state index in [1.165, 1.54) is 25.1 Å². The van der Waals surface area contributed by atoms with Crippen molar-refractivity contribution in [2.24, 2.45) is 0 Å². The van der Waals surface area contributed by atoms with Crippen molar-refractivity contribution in [2.45, 2.75) is 67.3 Å². The summed E-state index contributed by atoms with van der Waals surface area (Å²) in [7, 11) is 0. The molecule has 0 saturated carbocycles. The molecule has 0 radical (unpaired) electrons. The van der Waals surface area contributed by atoms with Gasteiger partial charge in [0.2, 0.25) is 5.95 Å². The van der Waals surface area contributed by atoms with Crippen LogP contribution in [0.2, 0.25) is 0 Å². The zero-order valence-corrected chi connectivity index (χ0v) is 20.8. The van der Waals surface area contributed by atoms with Gasteiger partial charge in [0, 0.05) is 24.0 Å². The van der Waals surface area contributed by atoms with Crippen LogP contribution in [0.3, 0.4) is 0 Å². The monoisotopic (exact) mass is 501 g/mol. The summed E-state index contributed by atoms with van der Waals surface area (Å²) in [6, 6.07) is 2.70. The molecule has 5 nitrogen and oxygen atoms in total. The maximum absolute atomic E-state index is 13.8. The van der Waals surface area contributed by atoms with Gasteiger partial charge >= 0.3 is 6.36 Å².